The molecule has 0 spiro atoms. The van der Waals surface area contributed by atoms with Crippen LogP contribution < -0.4 is 29.6 Å². The maximum Gasteiger partial charge on any atom is 1.00 e. The molecule has 9 heteroatoms. The summed E-state index contributed by atoms with van der Waals surface area (Å²) in [4.78, 5) is 27.9. The average molecular weight is 367 g/mol. The molecule has 0 saturated heterocycles. The molecule has 0 aliphatic heterocycles. The molecule has 1 N–H and O–H groups in total. The van der Waals surface area contributed by atoms with Gasteiger partial charge in [0.1, 0.15) is 0 Å². The van der Waals surface area contributed by atoms with Crippen LogP contribution in [0.15, 0.2) is 42.5 Å². The summed E-state index contributed by atoms with van der Waals surface area (Å²) < 4.78 is 10.8. The van der Waals surface area contributed by atoms with Gasteiger partial charge in [-0.15, -0.1) is 0 Å². The van der Waals surface area contributed by atoms with Gasteiger partial charge in [-0.1, -0.05) is 37.8 Å². The van der Waals surface area contributed by atoms with E-state index in [0.29, 0.717) is 11.3 Å². The van der Waals surface area contributed by atoms with Gasteiger partial charge in [-0.05, 0) is 0 Å². The first-order valence-electron chi connectivity index (χ1n) is 6.77. The molecule has 3 aromatic rings. The number of carbonyl (C=O) groups excluding carboxylic acids is 2. The fourth-order valence-corrected chi connectivity index (χ4v) is 2.18. The molecule has 0 atom stereocenters. The Morgan fingerprint density at radius 1 is 1.00 bits per heavy atom. The molecule has 0 amide bonds. The Bertz CT molecular complexity index is 896. The van der Waals surface area contributed by atoms with Crippen LogP contribution in [0.25, 0.3) is 16.9 Å². The number of nitrogens with zero attached hydrogens (tertiary/aromatic N) is 3. The van der Waals surface area contributed by atoms with Crippen LogP contribution in [-0.4, -0.2) is 46.2 Å². The van der Waals surface area contributed by atoms with E-state index in [1.165, 1.54) is 24.8 Å². The zero-order chi connectivity index (χ0) is 16.4. The Morgan fingerprint density at radius 3 is 2.19 bits per heavy atom. The average Bonchev–Trinajstić information content (AvgIpc) is 3.04. The molecule has 1 aromatic carbocycles. The standard InChI is InChI=1S/C16H13N3O4.CH4.Na.H2O/c1-22-15(20)12-8-13(16(21)23-2)19-14(17-12)9-11(18-19)10-6-4-3-5-7-10;;;/h3-9H,1-2H3;1H4;;1H2/q;;+1;/p-1. The maximum atomic E-state index is 12.0. The summed E-state index contributed by atoms with van der Waals surface area (Å²) in [5.74, 6) is -1.26. The molecule has 132 valence electrons. The van der Waals surface area contributed by atoms with E-state index in [1.54, 1.807) is 6.07 Å². The van der Waals surface area contributed by atoms with Crippen LogP contribution in [0.5, 0.6) is 0 Å². The van der Waals surface area contributed by atoms with Crippen LogP contribution in [0.3, 0.4) is 0 Å². The third-order valence-electron chi connectivity index (χ3n) is 3.29. The first kappa shape index (κ1) is 23.7. The van der Waals surface area contributed by atoms with Crippen molar-refractivity contribution < 1.29 is 54.1 Å². The second-order valence-corrected chi connectivity index (χ2v) is 4.68. The molecule has 0 fully saturated rings. The molecule has 2 aromatic heterocycles. The Hall–Kier alpha value is -2.26. The van der Waals surface area contributed by atoms with Crippen LogP contribution in [0, 0.1) is 0 Å². The van der Waals surface area contributed by atoms with Crippen molar-refractivity contribution in [3.8, 4) is 11.3 Å². The minimum absolute atomic E-state index is 0. The first-order valence-corrected chi connectivity index (χ1v) is 6.77. The number of fused-ring (bicyclic) bond motifs is 1. The van der Waals surface area contributed by atoms with Gasteiger partial charge in [-0.3, -0.25) is 0 Å². The molecule has 8 nitrogen and oxygen atoms in total. The van der Waals surface area contributed by atoms with Crippen LogP contribution >= 0.6 is 0 Å². The van der Waals surface area contributed by atoms with Crippen molar-refractivity contribution in [3.63, 3.8) is 0 Å². The topological polar surface area (TPSA) is 113 Å². The van der Waals surface area contributed by atoms with E-state index in [2.05, 4.69) is 14.8 Å². The van der Waals surface area contributed by atoms with Crippen molar-refractivity contribution in [1.82, 2.24) is 14.6 Å². The van der Waals surface area contributed by atoms with Crippen molar-refractivity contribution >= 4 is 17.6 Å². The van der Waals surface area contributed by atoms with Crippen molar-refractivity contribution in [2.24, 2.45) is 0 Å². The molecular formula is C17H18N3NaO5. The number of aromatic nitrogens is 3. The van der Waals surface area contributed by atoms with Crippen molar-refractivity contribution in [2.75, 3.05) is 14.2 Å². The van der Waals surface area contributed by atoms with Gasteiger partial charge in [-0.25, -0.2) is 19.1 Å². The third-order valence-corrected chi connectivity index (χ3v) is 3.29. The number of ether oxygens (including phenoxy) is 2. The number of esters is 2. The van der Waals surface area contributed by atoms with E-state index in [1.807, 2.05) is 30.3 Å². The first-order chi connectivity index (χ1) is 11.1. The van der Waals surface area contributed by atoms with Gasteiger partial charge < -0.3 is 14.9 Å². The molecule has 0 saturated carbocycles. The zero-order valence-corrected chi connectivity index (χ0v) is 16.0. The Labute approximate surface area is 172 Å². The summed E-state index contributed by atoms with van der Waals surface area (Å²) >= 11 is 0. The Morgan fingerprint density at radius 2 is 1.62 bits per heavy atom. The van der Waals surface area contributed by atoms with Crippen LogP contribution in [-0.2, 0) is 9.47 Å². The molecule has 0 radical (unpaired) electrons. The second-order valence-electron chi connectivity index (χ2n) is 4.68. The minimum atomic E-state index is -0.639. The van der Waals surface area contributed by atoms with E-state index in [9.17, 15) is 9.59 Å². The summed E-state index contributed by atoms with van der Waals surface area (Å²) in [6, 6.07) is 12.4. The number of carbonyl (C=O) groups is 2. The molecule has 0 aliphatic carbocycles. The Balaban J connectivity index is 0.00000208. The number of methoxy groups -OCH3 is 2. The zero-order valence-electron chi connectivity index (χ0n) is 14.0. The van der Waals surface area contributed by atoms with Crippen molar-refractivity contribution in [3.05, 3.63) is 53.9 Å². The number of hydrogen-bond acceptors (Lipinski definition) is 7. The van der Waals surface area contributed by atoms with E-state index in [4.69, 9.17) is 4.74 Å². The Kier molecular flexibility index (Phi) is 9.16. The summed E-state index contributed by atoms with van der Waals surface area (Å²) in [6.07, 6.45) is 0. The van der Waals surface area contributed by atoms with E-state index in [0.717, 1.165) is 5.56 Å². The fraction of sp³-hybridized carbons (Fsp3) is 0.176. The molecule has 0 aliphatic rings. The van der Waals surface area contributed by atoms with Crippen LogP contribution in [0.2, 0.25) is 0 Å². The summed E-state index contributed by atoms with van der Waals surface area (Å²) in [7, 11) is 2.51. The summed E-state index contributed by atoms with van der Waals surface area (Å²) in [6.45, 7) is 0. The SMILES string of the molecule is C.COC(=O)c1cc(C(=O)OC)n2nc(-c3ccccc3)cc2n1.[Na+].[OH-]. The van der Waals surface area contributed by atoms with Gasteiger partial charge >= 0.3 is 41.5 Å². The number of rotatable bonds is 3. The second kappa shape index (κ2) is 10.0. The monoisotopic (exact) mass is 367 g/mol. The quantitative estimate of drug-likeness (QED) is 0.450. The van der Waals surface area contributed by atoms with Gasteiger partial charge in [0.2, 0.25) is 0 Å². The van der Waals surface area contributed by atoms with Gasteiger partial charge in [0.05, 0.1) is 19.9 Å². The predicted octanol–water partition coefficient (Wildman–Crippen LogP) is -0.567. The summed E-state index contributed by atoms with van der Waals surface area (Å²) in [5, 5.41) is 4.38. The molecule has 3 rings (SSSR count). The van der Waals surface area contributed by atoms with E-state index >= 15 is 0 Å². The third kappa shape index (κ3) is 4.47. The molecule has 0 bridgehead atoms. The smallest absolute Gasteiger partial charge is 0.870 e. The van der Waals surface area contributed by atoms with Gasteiger partial charge in [0.25, 0.3) is 0 Å². The predicted molar refractivity (Wildman–Crippen MR) is 89.8 cm³/mol. The van der Waals surface area contributed by atoms with Gasteiger partial charge in [-0.2, -0.15) is 5.10 Å². The van der Waals surface area contributed by atoms with Crippen LogP contribution in [0.4, 0.5) is 0 Å². The van der Waals surface area contributed by atoms with E-state index < -0.39 is 11.9 Å². The normalized spacial score (nSPS) is 9.31. The number of benzene rings is 1. The minimum Gasteiger partial charge on any atom is -0.870 e. The number of hydrogen-bond donors (Lipinski definition) is 0. The van der Waals surface area contributed by atoms with Gasteiger partial charge in [0.15, 0.2) is 17.0 Å². The van der Waals surface area contributed by atoms with Crippen molar-refractivity contribution in [1.29, 1.82) is 0 Å². The molecular weight excluding hydrogens is 349 g/mol. The van der Waals surface area contributed by atoms with Crippen molar-refractivity contribution in [2.45, 2.75) is 7.43 Å². The fourth-order valence-electron chi connectivity index (χ4n) is 2.18. The molecule has 2 heterocycles. The molecule has 0 unspecified atom stereocenters. The maximum absolute atomic E-state index is 12.0. The summed E-state index contributed by atoms with van der Waals surface area (Å²) in [5.41, 5.74) is 1.96. The van der Waals surface area contributed by atoms with E-state index in [-0.39, 0.29) is 53.8 Å². The molecule has 26 heavy (non-hydrogen) atoms. The van der Waals surface area contributed by atoms with Crippen LogP contribution in [0.1, 0.15) is 28.4 Å². The van der Waals surface area contributed by atoms with Gasteiger partial charge in [0, 0.05) is 17.7 Å². The largest absolute Gasteiger partial charge is 1.00 e.